The van der Waals surface area contributed by atoms with E-state index < -0.39 is 0 Å². The minimum atomic E-state index is -0.325. The average molecular weight is 494 g/mol. The summed E-state index contributed by atoms with van der Waals surface area (Å²) < 4.78 is 21.2. The van der Waals surface area contributed by atoms with Crippen LogP contribution in [0.15, 0.2) is 42.6 Å². The van der Waals surface area contributed by atoms with E-state index in [0.29, 0.717) is 39.1 Å². The number of amides is 1. The van der Waals surface area contributed by atoms with Crippen molar-refractivity contribution in [2.75, 3.05) is 13.2 Å². The summed E-state index contributed by atoms with van der Waals surface area (Å²) in [6.07, 6.45) is 3.02. The molecule has 0 fully saturated rings. The van der Waals surface area contributed by atoms with Gasteiger partial charge in [0, 0.05) is 42.2 Å². The fourth-order valence-corrected chi connectivity index (χ4v) is 5.40. The minimum Gasteiger partial charge on any atom is -0.466 e. The smallest absolute Gasteiger partial charge is 0.306 e. The van der Waals surface area contributed by atoms with Crippen LogP contribution in [0.2, 0.25) is 0 Å². The van der Waals surface area contributed by atoms with Gasteiger partial charge in [-0.2, -0.15) is 0 Å². The standard InChI is InChI=1S/C29H36FN3O3/c1-6-36-25(35)16-28(2,3)13-12-24(34)32-18-23-26(29(4,5)19-32)22-11-8-14-31-27(22)33(23)17-20-9-7-10-21(30)15-20/h7-11,14-15H,6,12-13,16-19H2,1-5H3. The molecule has 7 heteroatoms. The molecule has 1 amide bonds. The highest BCUT2D eigenvalue weighted by Gasteiger charge is 2.38. The van der Waals surface area contributed by atoms with E-state index >= 15 is 0 Å². The van der Waals surface area contributed by atoms with Crippen LogP contribution < -0.4 is 0 Å². The molecule has 0 radical (unpaired) electrons. The van der Waals surface area contributed by atoms with E-state index in [2.05, 4.69) is 29.5 Å². The summed E-state index contributed by atoms with van der Waals surface area (Å²) in [6, 6.07) is 10.6. The van der Waals surface area contributed by atoms with E-state index in [-0.39, 0.29) is 34.9 Å². The lowest BCUT2D eigenvalue weighted by Crippen LogP contribution is -2.45. The molecule has 0 saturated heterocycles. The third-order valence-electron chi connectivity index (χ3n) is 7.06. The van der Waals surface area contributed by atoms with Crippen LogP contribution >= 0.6 is 0 Å². The Labute approximate surface area is 212 Å². The zero-order valence-electron chi connectivity index (χ0n) is 21.9. The Morgan fingerprint density at radius 2 is 1.97 bits per heavy atom. The number of halogens is 1. The summed E-state index contributed by atoms with van der Waals surface area (Å²) in [6.45, 7) is 12.0. The van der Waals surface area contributed by atoms with Crippen molar-refractivity contribution in [3.63, 3.8) is 0 Å². The first kappa shape index (κ1) is 25.9. The van der Waals surface area contributed by atoms with E-state index in [4.69, 9.17) is 4.74 Å². The molecule has 1 aliphatic heterocycles. The lowest BCUT2D eigenvalue weighted by Gasteiger charge is -2.39. The van der Waals surface area contributed by atoms with Gasteiger partial charge in [-0.3, -0.25) is 9.59 Å². The lowest BCUT2D eigenvalue weighted by atomic mass is 9.79. The molecule has 0 bridgehead atoms. The molecule has 0 saturated carbocycles. The molecule has 1 aliphatic rings. The molecule has 3 heterocycles. The summed E-state index contributed by atoms with van der Waals surface area (Å²) in [5.41, 5.74) is 3.34. The third kappa shape index (κ3) is 5.45. The van der Waals surface area contributed by atoms with Crippen LogP contribution in [0, 0.1) is 11.2 Å². The highest BCUT2D eigenvalue weighted by molar-refractivity contribution is 5.85. The van der Waals surface area contributed by atoms with Gasteiger partial charge in [0.25, 0.3) is 0 Å². The van der Waals surface area contributed by atoms with Gasteiger partial charge in [-0.25, -0.2) is 9.37 Å². The normalized spacial score (nSPS) is 15.1. The van der Waals surface area contributed by atoms with Crippen LogP contribution in [-0.2, 0) is 32.8 Å². The van der Waals surface area contributed by atoms with Gasteiger partial charge in [-0.05, 0) is 54.2 Å². The summed E-state index contributed by atoms with van der Waals surface area (Å²) in [7, 11) is 0. The molecule has 0 spiro atoms. The maximum Gasteiger partial charge on any atom is 0.306 e. The first-order valence-corrected chi connectivity index (χ1v) is 12.7. The zero-order valence-corrected chi connectivity index (χ0v) is 21.9. The van der Waals surface area contributed by atoms with Crippen molar-refractivity contribution in [3.8, 4) is 0 Å². The number of rotatable bonds is 8. The van der Waals surface area contributed by atoms with Gasteiger partial charge in [0.05, 0.1) is 19.6 Å². The van der Waals surface area contributed by atoms with Gasteiger partial charge in [0.15, 0.2) is 0 Å². The predicted molar refractivity (Wildman–Crippen MR) is 138 cm³/mol. The molecule has 1 aromatic carbocycles. The lowest BCUT2D eigenvalue weighted by molar-refractivity contribution is -0.146. The Morgan fingerprint density at radius 3 is 2.69 bits per heavy atom. The van der Waals surface area contributed by atoms with Crippen molar-refractivity contribution in [2.24, 2.45) is 5.41 Å². The van der Waals surface area contributed by atoms with Crippen LogP contribution in [0.4, 0.5) is 4.39 Å². The third-order valence-corrected chi connectivity index (χ3v) is 7.06. The van der Waals surface area contributed by atoms with Crippen molar-refractivity contribution in [2.45, 2.75) is 72.4 Å². The van der Waals surface area contributed by atoms with Crippen molar-refractivity contribution >= 4 is 22.9 Å². The number of fused-ring (bicyclic) bond motifs is 3. The maximum atomic E-state index is 13.9. The molecular weight excluding hydrogens is 457 g/mol. The fourth-order valence-electron chi connectivity index (χ4n) is 5.40. The minimum absolute atomic E-state index is 0.0705. The molecule has 0 atom stereocenters. The number of hydrogen-bond donors (Lipinski definition) is 0. The molecule has 0 aliphatic carbocycles. The van der Waals surface area contributed by atoms with Crippen molar-refractivity contribution in [3.05, 3.63) is 65.2 Å². The SMILES string of the molecule is CCOC(=O)CC(C)(C)CCC(=O)N1Cc2c(c3cccnc3n2Cc2cccc(F)c2)C(C)(C)C1. The molecule has 192 valence electrons. The zero-order chi connectivity index (χ0) is 26.1. The molecule has 0 N–H and O–H groups in total. The number of carbonyl (C=O) groups excluding carboxylic acids is 2. The Bertz CT molecular complexity index is 1280. The second kappa shape index (κ2) is 10.0. The van der Waals surface area contributed by atoms with Crippen LogP contribution in [0.1, 0.15) is 70.7 Å². The maximum absolute atomic E-state index is 13.9. The second-order valence-corrected chi connectivity index (χ2v) is 11.2. The first-order valence-electron chi connectivity index (χ1n) is 12.7. The largest absolute Gasteiger partial charge is 0.466 e. The predicted octanol–water partition coefficient (Wildman–Crippen LogP) is 5.60. The average Bonchev–Trinajstić information content (AvgIpc) is 3.11. The highest BCUT2D eigenvalue weighted by atomic mass is 19.1. The summed E-state index contributed by atoms with van der Waals surface area (Å²) in [5, 5.41) is 1.08. The number of esters is 1. The van der Waals surface area contributed by atoms with Gasteiger partial charge >= 0.3 is 5.97 Å². The Morgan fingerprint density at radius 1 is 1.19 bits per heavy atom. The second-order valence-electron chi connectivity index (χ2n) is 11.2. The Hall–Kier alpha value is -3.22. The van der Waals surface area contributed by atoms with Crippen LogP contribution in [0.3, 0.4) is 0 Å². The molecule has 4 rings (SSSR count). The quantitative estimate of drug-likeness (QED) is 0.383. The molecule has 0 unspecified atom stereocenters. The van der Waals surface area contributed by atoms with Crippen molar-refractivity contribution in [1.29, 1.82) is 0 Å². The number of ether oxygens (including phenoxy) is 1. The molecule has 6 nitrogen and oxygen atoms in total. The number of nitrogens with zero attached hydrogens (tertiary/aromatic N) is 3. The number of carbonyl (C=O) groups is 2. The number of hydrogen-bond acceptors (Lipinski definition) is 4. The summed E-state index contributed by atoms with van der Waals surface area (Å²) in [4.78, 5) is 32.0. The van der Waals surface area contributed by atoms with Gasteiger partial charge in [0.2, 0.25) is 5.91 Å². The van der Waals surface area contributed by atoms with Crippen LogP contribution in [0.25, 0.3) is 11.0 Å². The van der Waals surface area contributed by atoms with Gasteiger partial charge < -0.3 is 14.2 Å². The Kier molecular flexibility index (Phi) is 7.21. The summed E-state index contributed by atoms with van der Waals surface area (Å²) >= 11 is 0. The first-order chi connectivity index (χ1) is 17.0. The molecule has 36 heavy (non-hydrogen) atoms. The van der Waals surface area contributed by atoms with Crippen molar-refractivity contribution < 1.29 is 18.7 Å². The molecule has 3 aromatic rings. The van der Waals surface area contributed by atoms with E-state index in [1.807, 2.05) is 30.9 Å². The van der Waals surface area contributed by atoms with Gasteiger partial charge in [-0.1, -0.05) is 39.8 Å². The van der Waals surface area contributed by atoms with E-state index in [1.54, 1.807) is 25.3 Å². The topological polar surface area (TPSA) is 64.4 Å². The number of benzene rings is 1. The van der Waals surface area contributed by atoms with Crippen LogP contribution in [-0.4, -0.2) is 39.5 Å². The summed E-state index contributed by atoms with van der Waals surface area (Å²) in [5.74, 6) is -0.428. The van der Waals surface area contributed by atoms with E-state index in [9.17, 15) is 14.0 Å². The molecular formula is C29H36FN3O3. The number of aromatic nitrogens is 2. The monoisotopic (exact) mass is 493 g/mol. The van der Waals surface area contributed by atoms with E-state index in [1.165, 1.54) is 11.6 Å². The van der Waals surface area contributed by atoms with Crippen LogP contribution in [0.5, 0.6) is 0 Å². The van der Waals surface area contributed by atoms with Gasteiger partial charge in [0.1, 0.15) is 11.5 Å². The van der Waals surface area contributed by atoms with Gasteiger partial charge in [-0.15, -0.1) is 0 Å². The fraction of sp³-hybridized carbons (Fsp3) is 0.483. The molecule has 2 aromatic heterocycles. The van der Waals surface area contributed by atoms with E-state index in [0.717, 1.165) is 22.3 Å². The highest BCUT2D eigenvalue weighted by Crippen LogP contribution is 2.41. The number of pyridine rings is 1. The Balaban J connectivity index is 1.61. The van der Waals surface area contributed by atoms with Crippen molar-refractivity contribution in [1.82, 2.24) is 14.5 Å².